The zero-order valence-corrected chi connectivity index (χ0v) is 15.3. The molecule has 1 amide bonds. The van der Waals surface area contributed by atoms with Gasteiger partial charge in [0.2, 0.25) is 11.0 Å². The zero-order valence-electron chi connectivity index (χ0n) is 14.5. The Balaban J connectivity index is 1.32. The highest BCUT2D eigenvalue weighted by Gasteiger charge is 2.27. The van der Waals surface area contributed by atoms with Gasteiger partial charge in [-0.2, -0.15) is 4.37 Å². The van der Waals surface area contributed by atoms with Gasteiger partial charge >= 0.3 is 0 Å². The molecule has 0 atom stereocenters. The number of hydrogen-bond acceptors (Lipinski definition) is 6. The van der Waals surface area contributed by atoms with E-state index in [1.165, 1.54) is 17.1 Å². The van der Waals surface area contributed by atoms with Crippen LogP contribution in [0, 0.1) is 0 Å². The maximum absolute atomic E-state index is 12.7. The first kappa shape index (κ1) is 16.5. The molecule has 25 heavy (non-hydrogen) atoms. The minimum atomic E-state index is 0.211. The van der Waals surface area contributed by atoms with Gasteiger partial charge in [-0.3, -0.25) is 9.69 Å². The topological polar surface area (TPSA) is 52.6 Å². The molecule has 0 spiro atoms. The minimum Gasteiger partial charge on any atom is -0.344 e. The molecule has 4 rings (SSSR count). The second-order valence-corrected chi connectivity index (χ2v) is 7.26. The Hall–Kier alpha value is -1.99. The third kappa shape index (κ3) is 3.39. The highest BCUT2D eigenvalue weighted by atomic mass is 32.1. The van der Waals surface area contributed by atoms with E-state index in [0.717, 1.165) is 62.2 Å². The molecule has 2 aromatic rings. The van der Waals surface area contributed by atoms with Crippen LogP contribution in [0.2, 0.25) is 0 Å². The van der Waals surface area contributed by atoms with Crippen LogP contribution >= 0.6 is 11.5 Å². The van der Waals surface area contributed by atoms with E-state index in [-0.39, 0.29) is 5.91 Å². The predicted octanol–water partition coefficient (Wildman–Crippen LogP) is 1.81. The average molecular weight is 357 g/mol. The SMILES string of the molecule is CCc1nsc(N2CCN(CC(=O)N3CCc4ccccc43)CC2)n1. The van der Waals surface area contributed by atoms with Crippen molar-refractivity contribution in [3.8, 4) is 0 Å². The van der Waals surface area contributed by atoms with Crippen LogP contribution in [0.3, 0.4) is 0 Å². The summed E-state index contributed by atoms with van der Waals surface area (Å²) in [6.45, 7) is 6.97. The largest absolute Gasteiger partial charge is 0.344 e. The Labute approximate surface area is 152 Å². The summed E-state index contributed by atoms with van der Waals surface area (Å²) in [4.78, 5) is 23.8. The quantitative estimate of drug-likeness (QED) is 0.835. The Morgan fingerprint density at radius 2 is 1.96 bits per heavy atom. The first-order valence-electron chi connectivity index (χ1n) is 8.92. The number of aryl methyl sites for hydroxylation is 1. The van der Waals surface area contributed by atoms with Crippen LogP contribution in [-0.2, 0) is 17.6 Å². The number of fused-ring (bicyclic) bond motifs is 1. The molecule has 0 bridgehead atoms. The monoisotopic (exact) mass is 357 g/mol. The lowest BCUT2D eigenvalue weighted by Gasteiger charge is -2.34. The normalized spacial score (nSPS) is 17.8. The third-order valence-electron chi connectivity index (χ3n) is 4.96. The highest BCUT2D eigenvalue weighted by Crippen LogP contribution is 2.27. The summed E-state index contributed by atoms with van der Waals surface area (Å²) in [5.41, 5.74) is 2.37. The molecule has 0 saturated carbocycles. The van der Waals surface area contributed by atoms with Crippen molar-refractivity contribution in [2.45, 2.75) is 19.8 Å². The van der Waals surface area contributed by atoms with Gasteiger partial charge in [0.05, 0.1) is 6.54 Å². The lowest BCUT2D eigenvalue weighted by Crippen LogP contribution is -2.50. The van der Waals surface area contributed by atoms with Gasteiger partial charge < -0.3 is 9.80 Å². The van der Waals surface area contributed by atoms with Crippen molar-refractivity contribution in [1.82, 2.24) is 14.3 Å². The molecule has 2 aliphatic heterocycles. The molecule has 3 heterocycles. The molecular weight excluding hydrogens is 334 g/mol. The van der Waals surface area contributed by atoms with Gasteiger partial charge in [-0.15, -0.1) is 0 Å². The van der Waals surface area contributed by atoms with Gasteiger partial charge in [-0.05, 0) is 18.1 Å². The van der Waals surface area contributed by atoms with Crippen LogP contribution in [0.4, 0.5) is 10.8 Å². The van der Waals surface area contributed by atoms with Crippen molar-refractivity contribution in [2.24, 2.45) is 0 Å². The van der Waals surface area contributed by atoms with Gasteiger partial charge in [-0.1, -0.05) is 25.1 Å². The molecule has 132 valence electrons. The van der Waals surface area contributed by atoms with E-state index < -0.39 is 0 Å². The smallest absolute Gasteiger partial charge is 0.241 e. The Morgan fingerprint density at radius 1 is 1.16 bits per heavy atom. The fourth-order valence-corrected chi connectivity index (χ4v) is 4.29. The number of benzene rings is 1. The van der Waals surface area contributed by atoms with Crippen LogP contribution in [0.25, 0.3) is 0 Å². The summed E-state index contributed by atoms with van der Waals surface area (Å²) >= 11 is 1.48. The van der Waals surface area contributed by atoms with E-state index >= 15 is 0 Å². The maximum atomic E-state index is 12.7. The number of piperazine rings is 1. The van der Waals surface area contributed by atoms with Gasteiger partial charge in [-0.25, -0.2) is 4.98 Å². The molecule has 2 aliphatic rings. The van der Waals surface area contributed by atoms with Crippen LogP contribution < -0.4 is 9.80 Å². The predicted molar refractivity (Wildman–Crippen MR) is 100 cm³/mol. The first-order chi connectivity index (χ1) is 12.2. The molecule has 0 radical (unpaired) electrons. The van der Waals surface area contributed by atoms with Crippen molar-refractivity contribution in [1.29, 1.82) is 0 Å². The molecule has 1 aromatic heterocycles. The third-order valence-corrected chi connectivity index (χ3v) is 5.78. The summed E-state index contributed by atoms with van der Waals surface area (Å²) in [5, 5.41) is 1.01. The molecule has 1 aromatic carbocycles. The van der Waals surface area contributed by atoms with Gasteiger partial charge in [0.15, 0.2) is 0 Å². The van der Waals surface area contributed by atoms with Crippen molar-refractivity contribution in [3.63, 3.8) is 0 Å². The van der Waals surface area contributed by atoms with Gasteiger partial charge in [0.1, 0.15) is 5.82 Å². The van der Waals surface area contributed by atoms with Crippen molar-refractivity contribution < 1.29 is 4.79 Å². The second kappa shape index (κ2) is 7.09. The molecule has 0 N–H and O–H groups in total. The number of rotatable bonds is 4. The first-order valence-corrected chi connectivity index (χ1v) is 9.70. The minimum absolute atomic E-state index is 0.211. The van der Waals surface area contributed by atoms with Crippen LogP contribution in [-0.4, -0.2) is 59.4 Å². The Morgan fingerprint density at radius 3 is 2.72 bits per heavy atom. The van der Waals surface area contributed by atoms with Crippen molar-refractivity contribution in [3.05, 3.63) is 35.7 Å². The average Bonchev–Trinajstić information content (AvgIpc) is 3.29. The molecule has 0 unspecified atom stereocenters. The van der Waals surface area contributed by atoms with E-state index in [4.69, 9.17) is 0 Å². The summed E-state index contributed by atoms with van der Waals surface area (Å²) in [6.07, 6.45) is 1.84. The fraction of sp³-hybridized carbons (Fsp3) is 0.500. The highest BCUT2D eigenvalue weighted by molar-refractivity contribution is 7.09. The number of anilines is 2. The maximum Gasteiger partial charge on any atom is 0.241 e. The number of aromatic nitrogens is 2. The van der Waals surface area contributed by atoms with Gasteiger partial charge in [0, 0.05) is 56.4 Å². The number of para-hydroxylation sites is 1. The summed E-state index contributed by atoms with van der Waals surface area (Å²) in [5.74, 6) is 1.13. The van der Waals surface area contributed by atoms with E-state index in [1.54, 1.807) is 0 Å². The lowest BCUT2D eigenvalue weighted by molar-refractivity contribution is -0.119. The van der Waals surface area contributed by atoms with Crippen LogP contribution in [0.15, 0.2) is 24.3 Å². The number of amides is 1. The Kier molecular flexibility index (Phi) is 4.67. The fourth-order valence-electron chi connectivity index (χ4n) is 3.49. The van der Waals surface area contributed by atoms with Crippen LogP contribution in [0.5, 0.6) is 0 Å². The van der Waals surface area contributed by atoms with E-state index in [9.17, 15) is 4.79 Å². The van der Waals surface area contributed by atoms with E-state index in [0.29, 0.717) is 6.54 Å². The van der Waals surface area contributed by atoms with E-state index in [2.05, 4.69) is 38.2 Å². The number of carbonyl (C=O) groups excluding carboxylic acids is 1. The summed E-state index contributed by atoms with van der Waals surface area (Å²) < 4.78 is 4.37. The van der Waals surface area contributed by atoms with Crippen molar-refractivity contribution >= 4 is 28.3 Å². The van der Waals surface area contributed by atoms with Crippen LogP contribution in [0.1, 0.15) is 18.3 Å². The lowest BCUT2D eigenvalue weighted by atomic mass is 10.2. The molecule has 7 heteroatoms. The molecule has 0 aliphatic carbocycles. The zero-order chi connectivity index (χ0) is 17.2. The molecular formula is C18H23N5OS. The summed E-state index contributed by atoms with van der Waals surface area (Å²) in [6, 6.07) is 8.23. The molecule has 6 nitrogen and oxygen atoms in total. The number of hydrogen-bond donors (Lipinski definition) is 0. The van der Waals surface area contributed by atoms with E-state index in [1.807, 2.05) is 17.0 Å². The Bertz CT molecular complexity index is 753. The molecule has 1 fully saturated rings. The number of carbonyl (C=O) groups is 1. The molecule has 1 saturated heterocycles. The summed E-state index contributed by atoms with van der Waals surface area (Å²) in [7, 11) is 0. The van der Waals surface area contributed by atoms with Crippen molar-refractivity contribution in [2.75, 3.05) is 49.1 Å². The van der Waals surface area contributed by atoms with Gasteiger partial charge in [0.25, 0.3) is 0 Å². The number of nitrogens with zero attached hydrogens (tertiary/aromatic N) is 5. The second-order valence-electron chi connectivity index (χ2n) is 6.53. The standard InChI is InChI=1S/C18H23N5OS/c1-2-16-19-18(25-20-16)22-11-9-21(10-12-22)13-17(24)23-8-7-14-5-3-4-6-15(14)23/h3-6H,2,7-13H2,1H3.